The van der Waals surface area contributed by atoms with E-state index in [1.165, 1.54) is 16.8 Å². The highest BCUT2D eigenvalue weighted by Gasteiger charge is 2.33. The summed E-state index contributed by atoms with van der Waals surface area (Å²) in [5, 5.41) is 9.90. The molecule has 3 amide bonds. The molecule has 1 aromatic heterocycles. The summed E-state index contributed by atoms with van der Waals surface area (Å²) in [5.41, 5.74) is 7.59. The van der Waals surface area contributed by atoms with Crippen LogP contribution in [0.4, 0.5) is 11.5 Å². The first-order chi connectivity index (χ1) is 14.5. The van der Waals surface area contributed by atoms with Crippen LogP contribution in [0.15, 0.2) is 54.7 Å². The summed E-state index contributed by atoms with van der Waals surface area (Å²) < 4.78 is 6.68. The van der Waals surface area contributed by atoms with Gasteiger partial charge in [0, 0.05) is 16.8 Å². The van der Waals surface area contributed by atoms with Gasteiger partial charge in [-0.25, -0.2) is 4.68 Å². The fourth-order valence-corrected chi connectivity index (χ4v) is 3.30. The van der Waals surface area contributed by atoms with Gasteiger partial charge in [0.2, 0.25) is 17.7 Å². The van der Waals surface area contributed by atoms with E-state index >= 15 is 0 Å². The summed E-state index contributed by atoms with van der Waals surface area (Å²) in [4.78, 5) is 36.3. The van der Waals surface area contributed by atoms with Gasteiger partial charge in [-0.05, 0) is 42.0 Å². The first-order valence-electron chi connectivity index (χ1n) is 9.19. The number of fused-ring (bicyclic) bond motifs is 1. The van der Waals surface area contributed by atoms with Crippen molar-refractivity contribution in [2.24, 2.45) is 5.73 Å². The zero-order valence-corrected chi connectivity index (χ0v) is 16.1. The maximum absolute atomic E-state index is 12.9. The summed E-state index contributed by atoms with van der Waals surface area (Å²) in [5.74, 6) is -0.0440. The fraction of sp³-hybridized carbons (Fsp3) is 0.143. The van der Waals surface area contributed by atoms with Crippen molar-refractivity contribution in [1.82, 2.24) is 9.78 Å². The number of primary amides is 1. The SMILES string of the molecule is COc1ccc(-c2cnn3c2NC(=O)CC3C(=O)Nc2ccc(C(N)=O)cc2)cc1. The van der Waals surface area contributed by atoms with Crippen molar-refractivity contribution in [2.45, 2.75) is 12.5 Å². The first kappa shape index (κ1) is 19.2. The van der Waals surface area contributed by atoms with Gasteiger partial charge in [-0.3, -0.25) is 14.4 Å². The summed E-state index contributed by atoms with van der Waals surface area (Å²) in [7, 11) is 1.58. The molecule has 1 unspecified atom stereocenters. The van der Waals surface area contributed by atoms with Crippen LogP contribution in [0, 0.1) is 0 Å². The second-order valence-corrected chi connectivity index (χ2v) is 6.78. The van der Waals surface area contributed by atoms with E-state index in [9.17, 15) is 14.4 Å². The molecular formula is C21H19N5O4. The minimum Gasteiger partial charge on any atom is -0.497 e. The Morgan fingerprint density at radius 2 is 1.87 bits per heavy atom. The zero-order valence-electron chi connectivity index (χ0n) is 16.1. The van der Waals surface area contributed by atoms with Gasteiger partial charge in [-0.15, -0.1) is 0 Å². The van der Waals surface area contributed by atoms with E-state index in [4.69, 9.17) is 10.5 Å². The van der Waals surface area contributed by atoms with E-state index in [1.807, 2.05) is 24.3 Å². The van der Waals surface area contributed by atoms with Crippen LogP contribution < -0.4 is 21.1 Å². The number of ether oxygens (including phenoxy) is 1. The number of carbonyl (C=O) groups excluding carboxylic acids is 3. The maximum Gasteiger partial charge on any atom is 0.249 e. The number of anilines is 2. The number of nitrogens with two attached hydrogens (primary N) is 1. The Labute approximate surface area is 171 Å². The van der Waals surface area contributed by atoms with Crippen LogP contribution in [0.5, 0.6) is 5.75 Å². The second-order valence-electron chi connectivity index (χ2n) is 6.78. The molecule has 4 N–H and O–H groups in total. The third kappa shape index (κ3) is 3.60. The molecule has 9 nitrogen and oxygen atoms in total. The quantitative estimate of drug-likeness (QED) is 0.599. The standard InChI is InChI=1S/C21H19N5O4/c1-30-15-8-4-12(5-9-15)16-11-23-26-17(10-18(27)25-20(16)26)21(29)24-14-6-2-13(3-7-14)19(22)28/h2-9,11,17H,10H2,1H3,(H2,22,28)(H,24,29)(H,25,27). The van der Waals surface area contributed by atoms with Gasteiger partial charge >= 0.3 is 0 Å². The number of nitrogens with zero attached hydrogens (tertiary/aromatic N) is 2. The van der Waals surface area contributed by atoms with Crippen molar-refractivity contribution in [3.05, 3.63) is 60.3 Å². The number of hydrogen-bond acceptors (Lipinski definition) is 5. The Morgan fingerprint density at radius 1 is 1.17 bits per heavy atom. The fourth-order valence-electron chi connectivity index (χ4n) is 3.30. The average Bonchev–Trinajstić information content (AvgIpc) is 3.17. The number of carbonyl (C=O) groups is 3. The first-order valence-corrected chi connectivity index (χ1v) is 9.19. The van der Waals surface area contributed by atoms with Crippen LogP contribution in [0.1, 0.15) is 22.8 Å². The number of nitrogens with one attached hydrogen (secondary N) is 2. The topological polar surface area (TPSA) is 128 Å². The van der Waals surface area contributed by atoms with Crippen molar-refractivity contribution < 1.29 is 19.1 Å². The molecule has 152 valence electrons. The van der Waals surface area contributed by atoms with Gasteiger partial charge in [0.1, 0.15) is 17.6 Å². The van der Waals surface area contributed by atoms with Crippen LogP contribution in [0.2, 0.25) is 0 Å². The molecule has 2 heterocycles. The molecule has 9 heteroatoms. The molecule has 1 aliphatic rings. The van der Waals surface area contributed by atoms with E-state index in [2.05, 4.69) is 15.7 Å². The van der Waals surface area contributed by atoms with Crippen molar-refractivity contribution >= 4 is 29.2 Å². The predicted molar refractivity (Wildman–Crippen MR) is 110 cm³/mol. The van der Waals surface area contributed by atoms with Gasteiger partial charge in [0.25, 0.3) is 0 Å². The number of rotatable bonds is 5. The van der Waals surface area contributed by atoms with E-state index in [0.29, 0.717) is 28.4 Å². The summed E-state index contributed by atoms with van der Waals surface area (Å²) in [6.45, 7) is 0. The van der Waals surface area contributed by atoms with Gasteiger partial charge in [0.15, 0.2) is 0 Å². The van der Waals surface area contributed by atoms with Crippen LogP contribution in [0.3, 0.4) is 0 Å². The van der Waals surface area contributed by atoms with Gasteiger partial charge < -0.3 is 21.1 Å². The van der Waals surface area contributed by atoms with E-state index in [0.717, 1.165) is 5.56 Å². The lowest BCUT2D eigenvalue weighted by atomic mass is 10.1. The van der Waals surface area contributed by atoms with Crippen LogP contribution in [0.25, 0.3) is 11.1 Å². The number of methoxy groups -OCH3 is 1. The Balaban J connectivity index is 1.60. The second kappa shape index (κ2) is 7.70. The van der Waals surface area contributed by atoms with E-state index < -0.39 is 11.9 Å². The lowest BCUT2D eigenvalue weighted by Crippen LogP contribution is -2.35. The number of benzene rings is 2. The van der Waals surface area contributed by atoms with Crippen molar-refractivity contribution in [3.8, 4) is 16.9 Å². The molecule has 0 aliphatic carbocycles. The third-order valence-electron chi connectivity index (χ3n) is 4.87. The highest BCUT2D eigenvalue weighted by atomic mass is 16.5. The normalized spacial score (nSPS) is 15.1. The van der Waals surface area contributed by atoms with Gasteiger partial charge in [-0.1, -0.05) is 12.1 Å². The minimum absolute atomic E-state index is 0.0397. The Morgan fingerprint density at radius 3 is 2.50 bits per heavy atom. The highest BCUT2D eigenvalue weighted by Crippen LogP contribution is 2.35. The molecular weight excluding hydrogens is 386 g/mol. The molecule has 0 radical (unpaired) electrons. The summed E-state index contributed by atoms with van der Waals surface area (Å²) >= 11 is 0. The number of aromatic nitrogens is 2. The molecule has 0 fully saturated rings. The lowest BCUT2D eigenvalue weighted by Gasteiger charge is -2.24. The maximum atomic E-state index is 12.9. The van der Waals surface area contributed by atoms with Crippen LogP contribution >= 0.6 is 0 Å². The molecule has 3 aromatic rings. The summed E-state index contributed by atoms with van der Waals surface area (Å²) in [6, 6.07) is 12.7. The molecule has 30 heavy (non-hydrogen) atoms. The largest absolute Gasteiger partial charge is 0.497 e. The molecule has 4 rings (SSSR count). The Hall–Kier alpha value is -4.14. The highest BCUT2D eigenvalue weighted by molar-refractivity contribution is 6.03. The van der Waals surface area contributed by atoms with Gasteiger partial charge in [0.05, 0.1) is 19.7 Å². The molecule has 1 atom stereocenters. The van der Waals surface area contributed by atoms with E-state index in [-0.39, 0.29) is 18.2 Å². The van der Waals surface area contributed by atoms with Crippen molar-refractivity contribution in [1.29, 1.82) is 0 Å². The molecule has 0 saturated carbocycles. The lowest BCUT2D eigenvalue weighted by molar-refractivity contribution is -0.125. The number of amides is 3. The third-order valence-corrected chi connectivity index (χ3v) is 4.87. The number of hydrogen-bond donors (Lipinski definition) is 3. The Kier molecular flexibility index (Phi) is 4.93. The van der Waals surface area contributed by atoms with Crippen molar-refractivity contribution in [2.75, 3.05) is 17.7 Å². The summed E-state index contributed by atoms with van der Waals surface area (Å²) in [6.07, 6.45) is 1.58. The molecule has 1 aliphatic heterocycles. The molecule has 0 bridgehead atoms. The van der Waals surface area contributed by atoms with Gasteiger partial charge in [-0.2, -0.15) is 5.10 Å². The molecule has 0 spiro atoms. The monoisotopic (exact) mass is 405 g/mol. The van der Waals surface area contributed by atoms with Crippen LogP contribution in [-0.2, 0) is 9.59 Å². The Bertz CT molecular complexity index is 1120. The van der Waals surface area contributed by atoms with Crippen LogP contribution in [-0.4, -0.2) is 34.6 Å². The molecule has 0 saturated heterocycles. The zero-order chi connectivity index (χ0) is 21.3. The van der Waals surface area contributed by atoms with Crippen molar-refractivity contribution in [3.63, 3.8) is 0 Å². The predicted octanol–water partition coefficient (Wildman–Crippen LogP) is 2.18. The molecule has 2 aromatic carbocycles. The smallest absolute Gasteiger partial charge is 0.249 e. The van der Waals surface area contributed by atoms with E-state index in [1.54, 1.807) is 25.4 Å². The average molecular weight is 405 g/mol. The minimum atomic E-state index is -0.809.